The highest BCUT2D eigenvalue weighted by atomic mass is 16.3. The molecule has 1 heterocycles. The van der Waals surface area contributed by atoms with Crippen LogP contribution in [0.3, 0.4) is 0 Å². The van der Waals surface area contributed by atoms with E-state index < -0.39 is 0 Å². The number of aromatic hydroxyl groups is 1. The van der Waals surface area contributed by atoms with Crippen molar-refractivity contribution in [3.63, 3.8) is 0 Å². The molecule has 2 N–H and O–H groups in total. The first-order valence-corrected chi connectivity index (χ1v) is 5.73. The highest BCUT2D eigenvalue weighted by Crippen LogP contribution is 2.30. The minimum Gasteiger partial charge on any atom is -0.507 e. The molecule has 0 aliphatic carbocycles. The Morgan fingerprint density at radius 1 is 0.889 bits per heavy atom. The van der Waals surface area contributed by atoms with Crippen LogP contribution in [0.15, 0.2) is 60.8 Å². The zero-order valence-corrected chi connectivity index (χ0v) is 9.67. The number of aromatic nitrogens is 1. The largest absolute Gasteiger partial charge is 0.507 e. The van der Waals surface area contributed by atoms with Gasteiger partial charge in [0.25, 0.3) is 0 Å². The van der Waals surface area contributed by atoms with E-state index in [4.69, 9.17) is 0 Å². The summed E-state index contributed by atoms with van der Waals surface area (Å²) in [6, 6.07) is 17.1. The highest BCUT2D eigenvalue weighted by Gasteiger charge is 2.05. The number of anilines is 2. The monoisotopic (exact) mass is 236 g/mol. The van der Waals surface area contributed by atoms with Crippen LogP contribution < -0.4 is 5.32 Å². The molecule has 0 saturated heterocycles. The first-order valence-electron chi connectivity index (χ1n) is 5.73. The third-order valence-electron chi connectivity index (χ3n) is 2.80. The number of nitrogens with zero attached hydrogens (tertiary/aromatic N) is 1. The van der Waals surface area contributed by atoms with Crippen molar-refractivity contribution in [2.45, 2.75) is 0 Å². The molecule has 3 rings (SSSR count). The molecule has 0 spiro atoms. The van der Waals surface area contributed by atoms with Crippen LogP contribution in [-0.2, 0) is 0 Å². The van der Waals surface area contributed by atoms with Crippen molar-refractivity contribution in [1.29, 1.82) is 0 Å². The minimum atomic E-state index is 0.247. The van der Waals surface area contributed by atoms with E-state index in [-0.39, 0.29) is 5.75 Å². The second kappa shape index (κ2) is 4.37. The molecule has 0 atom stereocenters. The Kier molecular flexibility index (Phi) is 2.57. The molecule has 0 aliphatic heterocycles. The lowest BCUT2D eigenvalue weighted by molar-refractivity contribution is 0.481. The molecule has 2 aromatic carbocycles. The van der Waals surface area contributed by atoms with Crippen molar-refractivity contribution in [2.24, 2.45) is 0 Å². The molecule has 3 aromatic rings. The zero-order chi connectivity index (χ0) is 12.4. The van der Waals surface area contributed by atoms with Crippen molar-refractivity contribution < 1.29 is 5.11 Å². The second-order valence-electron chi connectivity index (χ2n) is 4.02. The molecule has 3 nitrogen and oxygen atoms in total. The highest BCUT2D eigenvalue weighted by molar-refractivity contribution is 5.95. The molecule has 18 heavy (non-hydrogen) atoms. The SMILES string of the molecule is Oc1ccc(Nc2ccccc2)c2ncccc12. The smallest absolute Gasteiger partial charge is 0.125 e. The van der Waals surface area contributed by atoms with Crippen LogP contribution in [0.4, 0.5) is 11.4 Å². The third kappa shape index (κ3) is 1.86. The fourth-order valence-corrected chi connectivity index (χ4v) is 1.94. The van der Waals surface area contributed by atoms with E-state index in [1.54, 1.807) is 12.3 Å². The number of rotatable bonds is 2. The maximum atomic E-state index is 9.79. The number of hydrogen-bond acceptors (Lipinski definition) is 3. The van der Waals surface area contributed by atoms with Gasteiger partial charge in [-0.1, -0.05) is 18.2 Å². The van der Waals surface area contributed by atoms with Crippen molar-refractivity contribution in [3.05, 3.63) is 60.8 Å². The normalized spacial score (nSPS) is 10.4. The molecule has 0 amide bonds. The summed E-state index contributed by atoms with van der Waals surface area (Å²) in [5, 5.41) is 13.8. The number of pyridine rings is 1. The maximum absolute atomic E-state index is 9.79. The van der Waals surface area contributed by atoms with Gasteiger partial charge in [0.2, 0.25) is 0 Å². The summed E-state index contributed by atoms with van der Waals surface area (Å²) >= 11 is 0. The Labute approximate surface area is 105 Å². The zero-order valence-electron chi connectivity index (χ0n) is 9.67. The molecule has 0 bridgehead atoms. The van der Waals surface area contributed by atoms with Crippen LogP contribution in [-0.4, -0.2) is 10.1 Å². The summed E-state index contributed by atoms with van der Waals surface area (Å²) in [7, 11) is 0. The summed E-state index contributed by atoms with van der Waals surface area (Å²) < 4.78 is 0. The number of nitrogens with one attached hydrogen (secondary N) is 1. The standard InChI is InChI=1S/C15H12N2O/c18-14-9-8-13(15-12(14)7-4-10-16-15)17-11-5-2-1-3-6-11/h1-10,17-18H. The summed E-state index contributed by atoms with van der Waals surface area (Å²) in [6.07, 6.45) is 1.72. The molecule has 1 aromatic heterocycles. The quantitative estimate of drug-likeness (QED) is 0.667. The van der Waals surface area contributed by atoms with E-state index in [1.807, 2.05) is 48.5 Å². The fraction of sp³-hybridized carbons (Fsp3) is 0. The number of phenols is 1. The third-order valence-corrected chi connectivity index (χ3v) is 2.80. The lowest BCUT2D eigenvalue weighted by Gasteiger charge is -2.09. The van der Waals surface area contributed by atoms with Crippen LogP contribution in [0.2, 0.25) is 0 Å². The molecular weight excluding hydrogens is 224 g/mol. The van der Waals surface area contributed by atoms with Gasteiger partial charge in [0.1, 0.15) is 5.75 Å². The molecular formula is C15H12N2O. The lowest BCUT2D eigenvalue weighted by atomic mass is 10.1. The van der Waals surface area contributed by atoms with Crippen molar-refractivity contribution >= 4 is 22.3 Å². The molecule has 0 saturated carbocycles. The molecule has 0 unspecified atom stereocenters. The van der Waals surface area contributed by atoms with Crippen LogP contribution in [0.1, 0.15) is 0 Å². The van der Waals surface area contributed by atoms with E-state index in [9.17, 15) is 5.11 Å². The predicted octanol–water partition coefficient (Wildman–Crippen LogP) is 3.68. The van der Waals surface area contributed by atoms with Crippen LogP contribution >= 0.6 is 0 Å². The topological polar surface area (TPSA) is 45.1 Å². The van der Waals surface area contributed by atoms with Crippen molar-refractivity contribution in [2.75, 3.05) is 5.32 Å². The molecule has 3 heteroatoms. The van der Waals surface area contributed by atoms with E-state index in [2.05, 4.69) is 10.3 Å². The summed E-state index contributed by atoms with van der Waals surface area (Å²) in [6.45, 7) is 0. The van der Waals surface area contributed by atoms with Gasteiger partial charge in [0.15, 0.2) is 0 Å². The van der Waals surface area contributed by atoms with Gasteiger partial charge in [0.05, 0.1) is 11.2 Å². The summed E-state index contributed by atoms with van der Waals surface area (Å²) in [4.78, 5) is 4.32. The number of benzene rings is 2. The van der Waals surface area contributed by atoms with E-state index in [1.165, 1.54) is 0 Å². The van der Waals surface area contributed by atoms with E-state index in [0.29, 0.717) is 0 Å². The maximum Gasteiger partial charge on any atom is 0.125 e. The first kappa shape index (κ1) is 10.6. The average molecular weight is 236 g/mol. The average Bonchev–Trinajstić information content (AvgIpc) is 2.44. The van der Waals surface area contributed by atoms with E-state index >= 15 is 0 Å². The van der Waals surface area contributed by atoms with Gasteiger partial charge < -0.3 is 10.4 Å². The minimum absolute atomic E-state index is 0.247. The van der Waals surface area contributed by atoms with Crippen LogP contribution in [0.5, 0.6) is 5.75 Å². The van der Waals surface area contributed by atoms with Gasteiger partial charge in [-0.15, -0.1) is 0 Å². The van der Waals surface area contributed by atoms with Gasteiger partial charge in [-0.05, 0) is 36.4 Å². The molecule has 88 valence electrons. The second-order valence-corrected chi connectivity index (χ2v) is 4.02. The van der Waals surface area contributed by atoms with Crippen LogP contribution in [0.25, 0.3) is 10.9 Å². The number of phenolic OH excluding ortho intramolecular Hbond substituents is 1. The van der Waals surface area contributed by atoms with Gasteiger partial charge in [-0.3, -0.25) is 4.98 Å². The lowest BCUT2D eigenvalue weighted by Crippen LogP contribution is -1.92. The summed E-state index contributed by atoms with van der Waals surface area (Å²) in [5.41, 5.74) is 2.64. The van der Waals surface area contributed by atoms with E-state index in [0.717, 1.165) is 22.3 Å². The Morgan fingerprint density at radius 2 is 1.72 bits per heavy atom. The van der Waals surface area contributed by atoms with Gasteiger partial charge >= 0.3 is 0 Å². The Bertz CT molecular complexity index is 680. The molecule has 0 fully saturated rings. The summed E-state index contributed by atoms with van der Waals surface area (Å²) in [5.74, 6) is 0.247. The van der Waals surface area contributed by atoms with Gasteiger partial charge in [-0.2, -0.15) is 0 Å². The number of fused-ring (bicyclic) bond motifs is 1. The number of hydrogen-bond donors (Lipinski definition) is 2. The van der Waals surface area contributed by atoms with Crippen LogP contribution in [0, 0.1) is 0 Å². The first-order chi connectivity index (χ1) is 8.84. The van der Waals surface area contributed by atoms with Crippen molar-refractivity contribution in [1.82, 2.24) is 4.98 Å². The Morgan fingerprint density at radius 3 is 2.56 bits per heavy atom. The Balaban J connectivity index is 2.10. The predicted molar refractivity (Wildman–Crippen MR) is 73.1 cm³/mol. The Hall–Kier alpha value is -2.55. The van der Waals surface area contributed by atoms with Crippen molar-refractivity contribution in [3.8, 4) is 5.75 Å². The fourth-order valence-electron chi connectivity index (χ4n) is 1.94. The number of para-hydroxylation sites is 1. The molecule has 0 radical (unpaired) electrons. The van der Waals surface area contributed by atoms with Gasteiger partial charge in [-0.25, -0.2) is 0 Å². The molecule has 0 aliphatic rings. The van der Waals surface area contributed by atoms with Gasteiger partial charge in [0, 0.05) is 17.3 Å².